The molecule has 0 spiro atoms. The first-order valence-corrected chi connectivity index (χ1v) is 10.9. The third-order valence-corrected chi connectivity index (χ3v) is 6.28. The Morgan fingerprint density at radius 1 is 1.29 bits per heavy atom. The molecule has 1 saturated carbocycles. The van der Waals surface area contributed by atoms with E-state index in [1.165, 1.54) is 18.2 Å². The third kappa shape index (κ3) is 4.48. The van der Waals surface area contributed by atoms with Crippen molar-refractivity contribution in [1.29, 1.82) is 0 Å². The summed E-state index contributed by atoms with van der Waals surface area (Å²) in [6.45, 7) is 0.199. The molecule has 6 nitrogen and oxygen atoms in total. The molecule has 3 rings (SSSR count). The molecule has 1 saturated heterocycles. The van der Waals surface area contributed by atoms with Crippen LogP contribution in [0.4, 0.5) is 13.2 Å². The van der Waals surface area contributed by atoms with Gasteiger partial charge in [-0.3, -0.25) is 9.59 Å². The lowest BCUT2D eigenvalue weighted by atomic mass is 9.95. The second kappa shape index (κ2) is 7.06. The van der Waals surface area contributed by atoms with Crippen LogP contribution in [-0.4, -0.2) is 50.2 Å². The first kappa shape index (κ1) is 20.6. The van der Waals surface area contributed by atoms with Crippen molar-refractivity contribution in [2.75, 3.05) is 25.1 Å². The van der Waals surface area contributed by atoms with E-state index in [9.17, 15) is 31.2 Å². The Morgan fingerprint density at radius 3 is 2.50 bits per heavy atom. The van der Waals surface area contributed by atoms with E-state index in [2.05, 4.69) is 5.32 Å². The number of rotatable bonds is 5. The number of benzene rings is 1. The van der Waals surface area contributed by atoms with Crippen LogP contribution in [0.3, 0.4) is 0 Å². The lowest BCUT2D eigenvalue weighted by Gasteiger charge is -2.37. The number of hydrogen-bond donors (Lipinski definition) is 1. The second-order valence-corrected chi connectivity index (χ2v) is 9.75. The number of carbonyl (C=O) groups excluding carboxylic acids is 2. The van der Waals surface area contributed by atoms with Crippen LogP contribution in [0.25, 0.3) is 0 Å². The Morgan fingerprint density at radius 2 is 1.93 bits per heavy atom. The van der Waals surface area contributed by atoms with E-state index in [-0.39, 0.29) is 30.8 Å². The van der Waals surface area contributed by atoms with E-state index in [1.807, 2.05) is 0 Å². The maximum atomic E-state index is 13.4. The summed E-state index contributed by atoms with van der Waals surface area (Å²) in [4.78, 5) is 26.5. The van der Waals surface area contributed by atoms with E-state index in [1.54, 1.807) is 0 Å². The molecule has 1 unspecified atom stereocenters. The smallest absolute Gasteiger partial charge is 0.352 e. The van der Waals surface area contributed by atoms with Gasteiger partial charge in [0, 0.05) is 25.8 Å². The number of sulfone groups is 1. The minimum Gasteiger partial charge on any atom is -0.352 e. The molecular formula is C18H21F3N2O4S. The van der Waals surface area contributed by atoms with Crippen LogP contribution in [0.15, 0.2) is 24.3 Å². The van der Waals surface area contributed by atoms with Gasteiger partial charge >= 0.3 is 6.18 Å². The van der Waals surface area contributed by atoms with Gasteiger partial charge in [-0.1, -0.05) is 18.2 Å². The van der Waals surface area contributed by atoms with Gasteiger partial charge in [0.1, 0.15) is 15.9 Å². The molecular weight excluding hydrogens is 397 g/mol. The molecule has 1 aromatic rings. The molecule has 2 fully saturated rings. The zero-order valence-electron chi connectivity index (χ0n) is 15.3. The average molecular weight is 418 g/mol. The average Bonchev–Trinajstić information content (AvgIpc) is 3.30. The Bertz CT molecular complexity index is 894. The van der Waals surface area contributed by atoms with Crippen molar-refractivity contribution in [3.05, 3.63) is 35.4 Å². The molecule has 1 aliphatic carbocycles. The van der Waals surface area contributed by atoms with Gasteiger partial charge < -0.3 is 10.2 Å². The lowest BCUT2D eigenvalue weighted by molar-refractivity contribution is -0.147. The topological polar surface area (TPSA) is 83.6 Å². The number of amides is 2. The highest BCUT2D eigenvalue weighted by Crippen LogP contribution is 2.50. The molecule has 2 amide bonds. The van der Waals surface area contributed by atoms with Gasteiger partial charge in [-0.15, -0.1) is 0 Å². The van der Waals surface area contributed by atoms with Gasteiger partial charge in [0.25, 0.3) is 0 Å². The molecule has 1 N–H and O–H groups in total. The zero-order valence-corrected chi connectivity index (χ0v) is 16.1. The minimum absolute atomic E-state index is 0.0659. The van der Waals surface area contributed by atoms with E-state index in [0.29, 0.717) is 12.8 Å². The van der Waals surface area contributed by atoms with Crippen LogP contribution in [-0.2, 0) is 25.6 Å². The van der Waals surface area contributed by atoms with Crippen molar-refractivity contribution in [2.45, 2.75) is 31.5 Å². The van der Waals surface area contributed by atoms with Gasteiger partial charge in [0.05, 0.1) is 11.3 Å². The number of piperazine rings is 1. The normalized spacial score (nSPS) is 21.9. The van der Waals surface area contributed by atoms with Gasteiger partial charge in [-0.25, -0.2) is 8.42 Å². The molecule has 154 valence electrons. The molecule has 0 aromatic heterocycles. The Kier molecular flexibility index (Phi) is 5.20. The van der Waals surface area contributed by atoms with Gasteiger partial charge in [0.2, 0.25) is 11.8 Å². The standard InChI is InChI=1S/C18H21F3N2O4S/c1-28(26,27)11-17(6-7-17)10-14(24)23-9-8-22-16(25)15(23)12-4-2-3-5-13(12)18(19,20)21/h2-5,15H,6-11H2,1H3,(H,22,25). The lowest BCUT2D eigenvalue weighted by Crippen LogP contribution is -2.53. The van der Waals surface area contributed by atoms with Crippen LogP contribution in [0.5, 0.6) is 0 Å². The van der Waals surface area contributed by atoms with Crippen LogP contribution < -0.4 is 5.32 Å². The molecule has 10 heteroatoms. The number of halogens is 3. The van der Waals surface area contributed by atoms with E-state index in [4.69, 9.17) is 0 Å². The summed E-state index contributed by atoms with van der Waals surface area (Å²) in [7, 11) is -3.30. The summed E-state index contributed by atoms with van der Waals surface area (Å²) in [5.74, 6) is -1.32. The molecule has 28 heavy (non-hydrogen) atoms. The highest BCUT2D eigenvalue weighted by molar-refractivity contribution is 7.90. The predicted molar refractivity (Wildman–Crippen MR) is 94.9 cm³/mol. The van der Waals surface area contributed by atoms with Crippen molar-refractivity contribution < 1.29 is 31.2 Å². The van der Waals surface area contributed by atoms with Crippen LogP contribution in [0, 0.1) is 5.41 Å². The largest absolute Gasteiger partial charge is 0.416 e. The van der Waals surface area contributed by atoms with Crippen LogP contribution >= 0.6 is 0 Å². The van der Waals surface area contributed by atoms with Crippen LogP contribution in [0.1, 0.15) is 36.4 Å². The van der Waals surface area contributed by atoms with Crippen molar-refractivity contribution in [1.82, 2.24) is 10.2 Å². The van der Waals surface area contributed by atoms with Crippen molar-refractivity contribution in [2.24, 2.45) is 5.41 Å². The maximum absolute atomic E-state index is 13.4. The van der Waals surface area contributed by atoms with Gasteiger partial charge in [0.15, 0.2) is 0 Å². The quantitative estimate of drug-likeness (QED) is 0.792. The summed E-state index contributed by atoms with van der Waals surface area (Å²) in [5.41, 5.74) is -1.92. The van der Waals surface area contributed by atoms with E-state index >= 15 is 0 Å². The van der Waals surface area contributed by atoms with E-state index < -0.39 is 44.8 Å². The molecule has 2 aliphatic rings. The van der Waals surface area contributed by atoms with Crippen molar-refractivity contribution in [3.8, 4) is 0 Å². The summed E-state index contributed by atoms with van der Waals surface area (Å²) in [5, 5.41) is 2.51. The first-order valence-electron chi connectivity index (χ1n) is 8.83. The molecule has 1 heterocycles. The van der Waals surface area contributed by atoms with Crippen molar-refractivity contribution in [3.63, 3.8) is 0 Å². The fourth-order valence-corrected chi connectivity index (χ4v) is 5.27. The number of nitrogens with zero attached hydrogens (tertiary/aromatic N) is 1. The summed E-state index contributed by atoms with van der Waals surface area (Å²) < 4.78 is 63.5. The number of alkyl halides is 3. The summed E-state index contributed by atoms with van der Waals surface area (Å²) in [6.07, 6.45) is -2.55. The SMILES string of the molecule is CS(=O)(=O)CC1(CC(=O)N2CCNC(=O)C2c2ccccc2C(F)(F)F)CC1. The molecule has 0 bridgehead atoms. The van der Waals surface area contributed by atoms with E-state index in [0.717, 1.165) is 17.2 Å². The third-order valence-electron chi connectivity index (χ3n) is 5.14. The number of hydrogen-bond acceptors (Lipinski definition) is 4. The number of carbonyl (C=O) groups is 2. The Balaban J connectivity index is 1.90. The molecule has 1 aliphatic heterocycles. The molecule has 1 aromatic carbocycles. The Labute approximate surface area is 161 Å². The van der Waals surface area contributed by atoms with Gasteiger partial charge in [-0.05, 0) is 29.9 Å². The first-order chi connectivity index (χ1) is 12.9. The predicted octanol–water partition coefficient (Wildman–Crippen LogP) is 1.92. The van der Waals surface area contributed by atoms with Crippen LogP contribution in [0.2, 0.25) is 0 Å². The molecule has 0 radical (unpaired) electrons. The monoisotopic (exact) mass is 418 g/mol. The maximum Gasteiger partial charge on any atom is 0.416 e. The highest BCUT2D eigenvalue weighted by Gasteiger charge is 2.49. The van der Waals surface area contributed by atoms with Gasteiger partial charge in [-0.2, -0.15) is 13.2 Å². The van der Waals surface area contributed by atoms with Crippen molar-refractivity contribution >= 4 is 21.7 Å². The number of nitrogens with one attached hydrogen (secondary N) is 1. The Hall–Kier alpha value is -2.10. The fraction of sp³-hybridized carbons (Fsp3) is 0.556. The fourth-order valence-electron chi connectivity index (χ4n) is 3.77. The molecule has 1 atom stereocenters. The summed E-state index contributed by atoms with van der Waals surface area (Å²) >= 11 is 0. The summed E-state index contributed by atoms with van der Waals surface area (Å²) in [6, 6.07) is 3.30. The minimum atomic E-state index is -4.67. The highest BCUT2D eigenvalue weighted by atomic mass is 32.2. The second-order valence-electron chi connectivity index (χ2n) is 7.61. The zero-order chi connectivity index (χ0) is 20.7.